The first-order valence-electron chi connectivity index (χ1n) is 6.08. The molecule has 0 aliphatic rings. The Hall–Kier alpha value is -1.94. The Bertz CT molecular complexity index is 525. The minimum absolute atomic E-state index is 0.0106. The smallest absolute Gasteiger partial charge is 0.128 e. The van der Waals surface area contributed by atoms with Crippen LogP contribution in [0.3, 0.4) is 0 Å². The average molecular weight is 242 g/mol. The standard InChI is InChI=1S/C14H18N4/c1-3-16-13(11-5-4-7-18-14(11)15)12-9-10(2)6-8-17-12/h4-9,13,16H,3H2,1-2H3,(H2,15,18). The van der Waals surface area contributed by atoms with Crippen LogP contribution >= 0.6 is 0 Å². The number of rotatable bonds is 4. The normalized spacial score (nSPS) is 12.3. The van der Waals surface area contributed by atoms with Crippen molar-refractivity contribution >= 4 is 5.82 Å². The number of hydrogen-bond donors (Lipinski definition) is 2. The third-order valence-corrected chi connectivity index (χ3v) is 2.82. The summed E-state index contributed by atoms with van der Waals surface area (Å²) >= 11 is 0. The van der Waals surface area contributed by atoms with Gasteiger partial charge in [-0.05, 0) is 37.2 Å². The van der Waals surface area contributed by atoms with Gasteiger partial charge in [0.1, 0.15) is 5.82 Å². The topological polar surface area (TPSA) is 63.8 Å². The Morgan fingerprint density at radius 2 is 2.11 bits per heavy atom. The molecule has 2 rings (SSSR count). The fourth-order valence-corrected chi connectivity index (χ4v) is 1.97. The van der Waals surface area contributed by atoms with E-state index in [0.717, 1.165) is 17.8 Å². The van der Waals surface area contributed by atoms with Crippen LogP contribution in [-0.4, -0.2) is 16.5 Å². The summed E-state index contributed by atoms with van der Waals surface area (Å²) < 4.78 is 0. The highest BCUT2D eigenvalue weighted by Gasteiger charge is 2.17. The van der Waals surface area contributed by atoms with Crippen molar-refractivity contribution in [1.82, 2.24) is 15.3 Å². The quantitative estimate of drug-likeness (QED) is 0.861. The largest absolute Gasteiger partial charge is 0.383 e. The summed E-state index contributed by atoms with van der Waals surface area (Å²) in [6.07, 6.45) is 3.52. The molecule has 0 aliphatic carbocycles. The molecule has 0 aromatic carbocycles. The monoisotopic (exact) mass is 242 g/mol. The molecule has 4 heteroatoms. The van der Waals surface area contributed by atoms with Gasteiger partial charge in [-0.15, -0.1) is 0 Å². The van der Waals surface area contributed by atoms with E-state index in [1.54, 1.807) is 6.20 Å². The summed E-state index contributed by atoms with van der Waals surface area (Å²) in [6, 6.07) is 7.92. The van der Waals surface area contributed by atoms with Crippen molar-refractivity contribution in [3.8, 4) is 0 Å². The highest BCUT2D eigenvalue weighted by atomic mass is 15.0. The van der Waals surface area contributed by atoms with E-state index in [9.17, 15) is 0 Å². The molecular weight excluding hydrogens is 224 g/mol. The Labute approximate surface area is 107 Å². The summed E-state index contributed by atoms with van der Waals surface area (Å²) in [5.74, 6) is 0.548. The molecule has 94 valence electrons. The van der Waals surface area contributed by atoms with Crippen LogP contribution in [0.15, 0.2) is 36.7 Å². The maximum atomic E-state index is 5.95. The third-order valence-electron chi connectivity index (χ3n) is 2.82. The highest BCUT2D eigenvalue weighted by molar-refractivity contribution is 5.44. The maximum Gasteiger partial charge on any atom is 0.128 e. The number of anilines is 1. The number of nitrogens with zero attached hydrogens (tertiary/aromatic N) is 2. The second-order valence-corrected chi connectivity index (χ2v) is 4.23. The number of nitrogens with two attached hydrogens (primary N) is 1. The summed E-state index contributed by atoms with van der Waals surface area (Å²) in [5, 5.41) is 3.40. The van der Waals surface area contributed by atoms with Crippen molar-refractivity contribution in [1.29, 1.82) is 0 Å². The van der Waals surface area contributed by atoms with Gasteiger partial charge >= 0.3 is 0 Å². The van der Waals surface area contributed by atoms with Crippen molar-refractivity contribution in [2.45, 2.75) is 19.9 Å². The van der Waals surface area contributed by atoms with Crippen LogP contribution < -0.4 is 11.1 Å². The van der Waals surface area contributed by atoms with Crippen LogP contribution in [0.4, 0.5) is 5.82 Å². The van der Waals surface area contributed by atoms with Gasteiger partial charge < -0.3 is 11.1 Å². The zero-order chi connectivity index (χ0) is 13.0. The molecule has 2 aromatic heterocycles. The second-order valence-electron chi connectivity index (χ2n) is 4.23. The van der Waals surface area contributed by atoms with E-state index < -0.39 is 0 Å². The zero-order valence-electron chi connectivity index (χ0n) is 10.7. The molecule has 0 radical (unpaired) electrons. The van der Waals surface area contributed by atoms with Crippen LogP contribution in [-0.2, 0) is 0 Å². The lowest BCUT2D eigenvalue weighted by atomic mass is 10.0. The summed E-state index contributed by atoms with van der Waals surface area (Å²) in [7, 11) is 0. The molecule has 0 spiro atoms. The van der Waals surface area contributed by atoms with Gasteiger partial charge in [-0.25, -0.2) is 4.98 Å². The van der Waals surface area contributed by atoms with Gasteiger partial charge in [-0.3, -0.25) is 4.98 Å². The molecule has 18 heavy (non-hydrogen) atoms. The van der Waals surface area contributed by atoms with Crippen LogP contribution in [0.1, 0.15) is 29.8 Å². The summed E-state index contributed by atoms with van der Waals surface area (Å²) in [6.45, 7) is 4.96. The van der Waals surface area contributed by atoms with Crippen molar-refractivity contribution < 1.29 is 0 Å². The van der Waals surface area contributed by atoms with E-state index in [2.05, 4.69) is 35.2 Å². The minimum Gasteiger partial charge on any atom is -0.383 e. The molecule has 1 unspecified atom stereocenters. The molecule has 3 N–H and O–H groups in total. The number of nitrogen functional groups attached to an aromatic ring is 1. The van der Waals surface area contributed by atoms with Crippen molar-refractivity contribution in [2.24, 2.45) is 0 Å². The molecular formula is C14H18N4. The number of pyridine rings is 2. The molecule has 4 nitrogen and oxygen atoms in total. The SMILES string of the molecule is CCNC(c1cc(C)ccn1)c1cccnc1N. The second kappa shape index (κ2) is 5.60. The molecule has 2 heterocycles. The van der Waals surface area contributed by atoms with E-state index in [-0.39, 0.29) is 6.04 Å². The fraction of sp³-hybridized carbons (Fsp3) is 0.286. The van der Waals surface area contributed by atoms with Gasteiger partial charge in [0.2, 0.25) is 0 Å². The number of aromatic nitrogens is 2. The lowest BCUT2D eigenvalue weighted by Crippen LogP contribution is -2.24. The average Bonchev–Trinajstić information content (AvgIpc) is 2.37. The Morgan fingerprint density at radius 1 is 1.28 bits per heavy atom. The van der Waals surface area contributed by atoms with Gasteiger partial charge in [0, 0.05) is 18.0 Å². The first kappa shape index (κ1) is 12.5. The number of nitrogens with one attached hydrogen (secondary N) is 1. The van der Waals surface area contributed by atoms with Gasteiger partial charge in [-0.2, -0.15) is 0 Å². The first-order valence-corrected chi connectivity index (χ1v) is 6.08. The highest BCUT2D eigenvalue weighted by Crippen LogP contribution is 2.24. The maximum absolute atomic E-state index is 5.95. The van der Waals surface area contributed by atoms with Crippen LogP contribution in [0, 0.1) is 6.92 Å². The van der Waals surface area contributed by atoms with E-state index in [1.165, 1.54) is 5.56 Å². The molecule has 1 atom stereocenters. The zero-order valence-corrected chi connectivity index (χ0v) is 10.7. The lowest BCUT2D eigenvalue weighted by molar-refractivity contribution is 0.615. The Morgan fingerprint density at radius 3 is 2.78 bits per heavy atom. The molecule has 0 bridgehead atoms. The van der Waals surface area contributed by atoms with Crippen LogP contribution in [0.2, 0.25) is 0 Å². The van der Waals surface area contributed by atoms with Gasteiger partial charge in [0.05, 0.1) is 11.7 Å². The minimum atomic E-state index is -0.0106. The van der Waals surface area contributed by atoms with Gasteiger partial charge in [0.15, 0.2) is 0 Å². The number of hydrogen-bond acceptors (Lipinski definition) is 4. The predicted octanol–water partition coefficient (Wildman–Crippen LogP) is 2.07. The lowest BCUT2D eigenvalue weighted by Gasteiger charge is -2.19. The fourth-order valence-electron chi connectivity index (χ4n) is 1.97. The van der Waals surface area contributed by atoms with Crippen LogP contribution in [0.25, 0.3) is 0 Å². The van der Waals surface area contributed by atoms with E-state index >= 15 is 0 Å². The van der Waals surface area contributed by atoms with E-state index in [4.69, 9.17) is 5.73 Å². The van der Waals surface area contributed by atoms with Gasteiger partial charge in [0.25, 0.3) is 0 Å². The predicted molar refractivity (Wildman–Crippen MR) is 73.1 cm³/mol. The third kappa shape index (κ3) is 2.65. The van der Waals surface area contributed by atoms with Crippen LogP contribution in [0.5, 0.6) is 0 Å². The van der Waals surface area contributed by atoms with Crippen molar-refractivity contribution in [3.63, 3.8) is 0 Å². The Kier molecular flexibility index (Phi) is 3.89. The number of aryl methyl sites for hydroxylation is 1. The molecule has 2 aromatic rings. The summed E-state index contributed by atoms with van der Waals surface area (Å²) in [5.41, 5.74) is 9.07. The molecule has 0 aliphatic heterocycles. The van der Waals surface area contributed by atoms with Crippen molar-refractivity contribution in [2.75, 3.05) is 12.3 Å². The molecule has 0 saturated heterocycles. The Balaban J connectivity index is 2.43. The van der Waals surface area contributed by atoms with Gasteiger partial charge in [-0.1, -0.05) is 13.0 Å². The first-order chi connectivity index (χ1) is 8.72. The van der Waals surface area contributed by atoms with E-state index in [0.29, 0.717) is 5.82 Å². The molecule has 0 saturated carbocycles. The summed E-state index contributed by atoms with van der Waals surface area (Å²) in [4.78, 5) is 8.57. The van der Waals surface area contributed by atoms with E-state index in [1.807, 2.05) is 24.4 Å². The molecule has 0 amide bonds. The van der Waals surface area contributed by atoms with Crippen molar-refractivity contribution in [3.05, 3.63) is 53.5 Å². The molecule has 0 fully saturated rings.